The van der Waals surface area contributed by atoms with Gasteiger partial charge in [-0.3, -0.25) is 9.78 Å². The number of hydrogen-bond donors (Lipinski definition) is 2. The molecule has 0 saturated heterocycles. The second-order valence-electron chi connectivity index (χ2n) is 6.53. The van der Waals surface area contributed by atoms with Crippen LogP contribution in [0.1, 0.15) is 42.6 Å². The van der Waals surface area contributed by atoms with Crippen LogP contribution in [0.2, 0.25) is 0 Å². The molecule has 0 amide bonds. The van der Waals surface area contributed by atoms with Gasteiger partial charge in [-0.25, -0.2) is 0 Å². The van der Waals surface area contributed by atoms with Crippen LogP contribution in [-0.4, -0.2) is 22.2 Å². The number of nitrogens with zero attached hydrogens (tertiary/aromatic N) is 1. The van der Waals surface area contributed by atoms with E-state index in [-0.39, 0.29) is 5.78 Å². The van der Waals surface area contributed by atoms with Crippen LogP contribution in [0.25, 0.3) is 10.9 Å². The minimum Gasteiger partial charge on any atom is -0.463 e. The zero-order chi connectivity index (χ0) is 19.4. The van der Waals surface area contributed by atoms with Crippen LogP contribution in [0.15, 0.2) is 48.7 Å². The van der Waals surface area contributed by atoms with E-state index >= 15 is 0 Å². The minimum absolute atomic E-state index is 0.0461. The van der Waals surface area contributed by atoms with E-state index in [1.54, 1.807) is 19.2 Å². The number of aliphatic hydroxyl groups is 1. The molecule has 0 spiro atoms. The number of carbonyl (C=O) groups excluding carboxylic acids is 1. The lowest BCUT2D eigenvalue weighted by atomic mass is 10.0. The van der Waals surface area contributed by atoms with Crippen molar-refractivity contribution in [3.05, 3.63) is 59.8 Å². The van der Waals surface area contributed by atoms with Gasteiger partial charge in [0, 0.05) is 23.7 Å². The van der Waals surface area contributed by atoms with Crippen LogP contribution >= 0.6 is 0 Å². The van der Waals surface area contributed by atoms with E-state index in [2.05, 4.69) is 10.3 Å². The molecule has 5 heteroatoms. The number of aliphatic hydroxyl groups excluding tert-OH is 1. The number of aromatic nitrogens is 1. The summed E-state index contributed by atoms with van der Waals surface area (Å²) in [7, 11) is 0. The fourth-order valence-corrected chi connectivity index (χ4v) is 3.03. The van der Waals surface area contributed by atoms with E-state index in [1.807, 2.05) is 50.2 Å². The van der Waals surface area contributed by atoms with Gasteiger partial charge in [-0.1, -0.05) is 37.3 Å². The van der Waals surface area contributed by atoms with E-state index < -0.39 is 6.29 Å². The number of benzene rings is 2. The highest BCUT2D eigenvalue weighted by Gasteiger charge is 2.18. The normalized spacial score (nSPS) is 12.0. The highest BCUT2D eigenvalue weighted by atomic mass is 16.6. The van der Waals surface area contributed by atoms with E-state index in [0.717, 1.165) is 23.1 Å². The molecule has 0 radical (unpaired) electrons. The van der Waals surface area contributed by atoms with E-state index in [9.17, 15) is 9.90 Å². The maximum Gasteiger partial charge on any atom is 0.194 e. The lowest BCUT2D eigenvalue weighted by molar-refractivity contribution is 0.000721. The van der Waals surface area contributed by atoms with Crippen molar-refractivity contribution in [2.45, 2.75) is 39.9 Å². The first-order valence-electron chi connectivity index (χ1n) is 9.13. The Hall–Kier alpha value is -2.92. The van der Waals surface area contributed by atoms with Crippen molar-refractivity contribution in [2.24, 2.45) is 0 Å². The quantitative estimate of drug-likeness (QED) is 0.457. The number of aryl methyl sites for hydroxylation is 1. The molecule has 1 aromatic heterocycles. The Morgan fingerprint density at radius 1 is 1.22 bits per heavy atom. The number of rotatable bonds is 7. The molecule has 2 aromatic carbocycles. The average Bonchev–Trinajstić information content (AvgIpc) is 2.64. The van der Waals surface area contributed by atoms with Gasteiger partial charge in [-0.05, 0) is 38.0 Å². The van der Waals surface area contributed by atoms with Crippen molar-refractivity contribution in [3.8, 4) is 5.75 Å². The number of pyridine rings is 1. The predicted octanol–water partition coefficient (Wildman–Crippen LogP) is 4.99. The van der Waals surface area contributed by atoms with Crippen molar-refractivity contribution >= 4 is 28.1 Å². The summed E-state index contributed by atoms with van der Waals surface area (Å²) in [4.78, 5) is 17.2. The molecule has 0 bridgehead atoms. The third-order valence-corrected chi connectivity index (χ3v) is 4.34. The summed E-state index contributed by atoms with van der Waals surface area (Å²) in [6.45, 7) is 5.54. The number of para-hydroxylation sites is 2. The number of fused-ring (bicyclic) bond motifs is 1. The number of ketones is 1. The van der Waals surface area contributed by atoms with Crippen LogP contribution in [0.3, 0.4) is 0 Å². The minimum atomic E-state index is -0.952. The predicted molar refractivity (Wildman–Crippen MR) is 108 cm³/mol. The Morgan fingerprint density at radius 2 is 2.00 bits per heavy atom. The van der Waals surface area contributed by atoms with Gasteiger partial charge < -0.3 is 15.2 Å². The molecule has 0 aliphatic heterocycles. The monoisotopic (exact) mass is 364 g/mol. The smallest absolute Gasteiger partial charge is 0.194 e. The molecule has 2 N–H and O–H groups in total. The molecule has 1 heterocycles. The Kier molecular flexibility index (Phi) is 5.72. The average molecular weight is 364 g/mol. The Morgan fingerprint density at radius 3 is 2.70 bits per heavy atom. The summed E-state index contributed by atoms with van der Waals surface area (Å²) in [6, 6.07) is 13.4. The van der Waals surface area contributed by atoms with Crippen LogP contribution < -0.4 is 10.1 Å². The molecule has 27 heavy (non-hydrogen) atoms. The first kappa shape index (κ1) is 18.9. The lowest BCUT2D eigenvalue weighted by Crippen LogP contribution is -2.11. The first-order valence-corrected chi connectivity index (χ1v) is 9.13. The van der Waals surface area contributed by atoms with Crippen LogP contribution in [0.5, 0.6) is 5.75 Å². The molecule has 1 atom stereocenters. The van der Waals surface area contributed by atoms with Gasteiger partial charge in [0.15, 0.2) is 12.1 Å². The summed E-state index contributed by atoms with van der Waals surface area (Å²) in [5.74, 6) is 0.523. The SMILES string of the molecule is CCCC(=O)c1cnc2c(OC(C)O)cccc2c1Nc1ccccc1C. The molecule has 140 valence electrons. The fourth-order valence-electron chi connectivity index (χ4n) is 3.03. The molecule has 0 aliphatic rings. The lowest BCUT2D eigenvalue weighted by Gasteiger charge is -2.17. The van der Waals surface area contributed by atoms with Gasteiger partial charge in [0.1, 0.15) is 11.3 Å². The Balaban J connectivity index is 2.20. The topological polar surface area (TPSA) is 71.5 Å². The number of Topliss-reactive ketones (excluding diaryl/α,β-unsaturated/α-hetero) is 1. The Bertz CT molecular complexity index is 967. The second-order valence-corrected chi connectivity index (χ2v) is 6.53. The standard InChI is InChI=1S/C22H24N2O3/c1-4-8-19(26)17-13-23-22-16(10-7-12-20(22)27-15(3)25)21(17)24-18-11-6-5-9-14(18)2/h5-7,9-13,15,25H,4,8H2,1-3H3,(H,23,24). The molecule has 0 fully saturated rings. The maximum absolute atomic E-state index is 12.7. The van der Waals surface area contributed by atoms with Gasteiger partial charge in [0.25, 0.3) is 0 Å². The number of anilines is 2. The molecule has 3 rings (SSSR count). The summed E-state index contributed by atoms with van der Waals surface area (Å²) < 4.78 is 5.48. The van der Waals surface area contributed by atoms with Gasteiger partial charge in [0.2, 0.25) is 0 Å². The summed E-state index contributed by atoms with van der Waals surface area (Å²) in [6.07, 6.45) is 1.87. The molecule has 0 aliphatic carbocycles. The van der Waals surface area contributed by atoms with Crippen molar-refractivity contribution in [2.75, 3.05) is 5.32 Å². The third-order valence-electron chi connectivity index (χ3n) is 4.34. The van der Waals surface area contributed by atoms with Crippen LogP contribution in [0, 0.1) is 6.92 Å². The summed E-state index contributed by atoms with van der Waals surface area (Å²) in [5, 5.41) is 13.8. The zero-order valence-corrected chi connectivity index (χ0v) is 15.8. The first-order chi connectivity index (χ1) is 13.0. The highest BCUT2D eigenvalue weighted by Crippen LogP contribution is 2.35. The number of ether oxygens (including phenoxy) is 1. The molecule has 0 saturated carbocycles. The van der Waals surface area contributed by atoms with Gasteiger partial charge in [-0.15, -0.1) is 0 Å². The van der Waals surface area contributed by atoms with Crippen molar-refractivity contribution in [1.82, 2.24) is 4.98 Å². The van der Waals surface area contributed by atoms with E-state index in [4.69, 9.17) is 4.74 Å². The zero-order valence-electron chi connectivity index (χ0n) is 15.8. The summed E-state index contributed by atoms with van der Waals surface area (Å²) >= 11 is 0. The number of carbonyl (C=O) groups is 1. The van der Waals surface area contributed by atoms with Crippen LogP contribution in [-0.2, 0) is 0 Å². The maximum atomic E-state index is 12.7. The molecule has 3 aromatic rings. The molecule has 5 nitrogen and oxygen atoms in total. The molecular weight excluding hydrogens is 340 g/mol. The summed E-state index contributed by atoms with van der Waals surface area (Å²) in [5.41, 5.74) is 3.87. The molecular formula is C22H24N2O3. The largest absolute Gasteiger partial charge is 0.463 e. The number of nitrogens with one attached hydrogen (secondary N) is 1. The van der Waals surface area contributed by atoms with E-state index in [0.29, 0.717) is 28.9 Å². The third kappa shape index (κ3) is 4.09. The van der Waals surface area contributed by atoms with Crippen molar-refractivity contribution in [1.29, 1.82) is 0 Å². The van der Waals surface area contributed by atoms with Crippen molar-refractivity contribution in [3.63, 3.8) is 0 Å². The fraction of sp³-hybridized carbons (Fsp3) is 0.273. The van der Waals surface area contributed by atoms with E-state index in [1.165, 1.54) is 0 Å². The van der Waals surface area contributed by atoms with Gasteiger partial charge in [-0.2, -0.15) is 0 Å². The second kappa shape index (κ2) is 8.18. The number of hydrogen-bond acceptors (Lipinski definition) is 5. The van der Waals surface area contributed by atoms with Crippen molar-refractivity contribution < 1.29 is 14.6 Å². The van der Waals surface area contributed by atoms with Gasteiger partial charge in [0.05, 0.1) is 11.3 Å². The molecule has 1 unspecified atom stereocenters. The van der Waals surface area contributed by atoms with Gasteiger partial charge >= 0.3 is 0 Å². The van der Waals surface area contributed by atoms with Crippen LogP contribution in [0.4, 0.5) is 11.4 Å². The Labute approximate surface area is 159 Å². The highest BCUT2D eigenvalue weighted by molar-refractivity contribution is 6.09.